The minimum absolute atomic E-state index is 0.0730. The third-order valence-electron chi connectivity index (χ3n) is 4.91. The summed E-state index contributed by atoms with van der Waals surface area (Å²) >= 11 is 0. The van der Waals surface area contributed by atoms with Crippen LogP contribution < -0.4 is 10.1 Å². The van der Waals surface area contributed by atoms with E-state index >= 15 is 0 Å². The molecule has 6 nitrogen and oxygen atoms in total. The fraction of sp³-hybridized carbons (Fsp3) is 0.304. The molecule has 0 fully saturated rings. The number of nitrogens with one attached hydrogen (secondary N) is 1. The number of halogens is 3. The zero-order chi connectivity index (χ0) is 23.5. The number of carbonyl (C=O) groups excluding carboxylic acids is 2. The first-order chi connectivity index (χ1) is 15.1. The van der Waals surface area contributed by atoms with Crippen molar-refractivity contribution in [1.29, 1.82) is 0 Å². The van der Waals surface area contributed by atoms with Crippen LogP contribution >= 0.6 is 0 Å². The topological polar surface area (TPSA) is 67.9 Å². The number of rotatable bonds is 8. The van der Waals surface area contributed by atoms with Gasteiger partial charge in [0, 0.05) is 25.9 Å². The Morgan fingerprint density at radius 2 is 1.69 bits per heavy atom. The fourth-order valence-corrected chi connectivity index (χ4v) is 3.49. The zero-order valence-electron chi connectivity index (χ0n) is 17.9. The van der Waals surface area contributed by atoms with E-state index in [1.807, 2.05) is 26.0 Å². The highest BCUT2D eigenvalue weighted by molar-refractivity contribution is 6.36. The second kappa shape index (κ2) is 9.44. The molecule has 1 heterocycles. The van der Waals surface area contributed by atoms with Crippen LogP contribution in [0, 0.1) is 13.8 Å². The Bertz CT molecular complexity index is 1050. The summed E-state index contributed by atoms with van der Waals surface area (Å²) in [5.41, 5.74) is 3.09. The molecule has 0 saturated heterocycles. The van der Waals surface area contributed by atoms with Gasteiger partial charge in [0.1, 0.15) is 11.4 Å². The van der Waals surface area contributed by atoms with Gasteiger partial charge in [0.25, 0.3) is 11.8 Å². The first kappa shape index (κ1) is 23.3. The number of imide groups is 1. The normalized spacial score (nSPS) is 14.4. The number of carbonyl (C=O) groups is 2. The molecule has 1 N–H and O–H groups in total. The summed E-state index contributed by atoms with van der Waals surface area (Å²) in [5.74, 6) is -1.32. The minimum atomic E-state index is -4.80. The smallest absolute Gasteiger partial charge is 0.406 e. The average molecular weight is 448 g/mol. The van der Waals surface area contributed by atoms with Crippen molar-refractivity contribution in [2.24, 2.45) is 0 Å². The SMILES string of the molecule is COCCCN1C(=O)C(Nc2ccc(OC(F)(F)F)cc2)=C(c2ccc(C)cc2C)C1=O. The lowest BCUT2D eigenvalue weighted by atomic mass is 9.97. The van der Waals surface area contributed by atoms with Crippen molar-refractivity contribution in [1.82, 2.24) is 4.90 Å². The van der Waals surface area contributed by atoms with Gasteiger partial charge in [-0.1, -0.05) is 23.8 Å². The van der Waals surface area contributed by atoms with Crippen LogP contribution in [-0.4, -0.2) is 43.3 Å². The Hall–Kier alpha value is -3.33. The highest BCUT2D eigenvalue weighted by Gasteiger charge is 2.39. The fourth-order valence-electron chi connectivity index (χ4n) is 3.49. The van der Waals surface area contributed by atoms with Gasteiger partial charge in [-0.05, 0) is 55.7 Å². The van der Waals surface area contributed by atoms with E-state index < -0.39 is 18.2 Å². The van der Waals surface area contributed by atoms with E-state index in [9.17, 15) is 22.8 Å². The van der Waals surface area contributed by atoms with Crippen LogP contribution in [0.15, 0.2) is 48.2 Å². The maximum atomic E-state index is 13.2. The number of nitrogens with zero attached hydrogens (tertiary/aromatic N) is 1. The molecule has 1 aliphatic heterocycles. The molecule has 0 atom stereocenters. The number of alkyl halides is 3. The minimum Gasteiger partial charge on any atom is -0.406 e. The van der Waals surface area contributed by atoms with Crippen LogP contribution in [0.2, 0.25) is 0 Å². The quantitative estimate of drug-likeness (QED) is 0.478. The van der Waals surface area contributed by atoms with Gasteiger partial charge in [-0.25, -0.2) is 0 Å². The van der Waals surface area contributed by atoms with Gasteiger partial charge < -0.3 is 14.8 Å². The van der Waals surface area contributed by atoms with Crippen LogP contribution in [0.4, 0.5) is 18.9 Å². The summed E-state index contributed by atoms with van der Waals surface area (Å²) in [4.78, 5) is 27.4. The third kappa shape index (κ3) is 5.28. The third-order valence-corrected chi connectivity index (χ3v) is 4.91. The van der Waals surface area contributed by atoms with Gasteiger partial charge in [-0.2, -0.15) is 0 Å². The maximum Gasteiger partial charge on any atom is 0.573 e. The van der Waals surface area contributed by atoms with Crippen LogP contribution in [-0.2, 0) is 14.3 Å². The monoisotopic (exact) mass is 448 g/mol. The zero-order valence-corrected chi connectivity index (χ0v) is 17.9. The molecule has 9 heteroatoms. The van der Waals surface area contributed by atoms with Crippen molar-refractivity contribution < 1.29 is 32.2 Å². The Labute approximate surface area is 183 Å². The van der Waals surface area contributed by atoms with Crippen molar-refractivity contribution in [3.8, 4) is 5.75 Å². The van der Waals surface area contributed by atoms with E-state index in [0.717, 1.165) is 28.2 Å². The van der Waals surface area contributed by atoms with Crippen LogP contribution in [0.1, 0.15) is 23.1 Å². The Morgan fingerprint density at radius 1 is 1.00 bits per heavy atom. The molecular weight excluding hydrogens is 425 g/mol. The summed E-state index contributed by atoms with van der Waals surface area (Å²) in [6.45, 7) is 4.35. The van der Waals surface area contributed by atoms with E-state index in [0.29, 0.717) is 24.3 Å². The molecule has 2 aromatic carbocycles. The summed E-state index contributed by atoms with van der Waals surface area (Å²) in [7, 11) is 1.53. The molecule has 2 aromatic rings. The van der Waals surface area contributed by atoms with E-state index in [1.54, 1.807) is 6.07 Å². The molecule has 0 bridgehead atoms. The second-order valence-electron chi connectivity index (χ2n) is 7.37. The van der Waals surface area contributed by atoms with Crippen LogP contribution in [0.5, 0.6) is 5.75 Å². The summed E-state index contributed by atoms with van der Waals surface area (Å²) in [6.07, 6.45) is -4.32. The van der Waals surface area contributed by atoms with E-state index in [2.05, 4.69) is 10.1 Å². The summed E-state index contributed by atoms with van der Waals surface area (Å²) in [5, 5.41) is 2.92. The Kier molecular flexibility index (Phi) is 6.88. The van der Waals surface area contributed by atoms with Gasteiger partial charge in [0.15, 0.2) is 0 Å². The van der Waals surface area contributed by atoms with E-state index in [-0.39, 0.29) is 23.6 Å². The number of amides is 2. The number of hydrogen-bond acceptors (Lipinski definition) is 5. The molecule has 32 heavy (non-hydrogen) atoms. The molecule has 3 rings (SSSR count). The Balaban J connectivity index is 1.96. The molecule has 170 valence electrons. The Morgan fingerprint density at radius 3 is 2.28 bits per heavy atom. The molecule has 0 spiro atoms. The van der Waals surface area contributed by atoms with Gasteiger partial charge in [-0.3, -0.25) is 14.5 Å². The van der Waals surface area contributed by atoms with Gasteiger partial charge in [-0.15, -0.1) is 13.2 Å². The lowest BCUT2D eigenvalue weighted by molar-refractivity contribution is -0.274. The number of methoxy groups -OCH3 is 1. The predicted molar refractivity (Wildman–Crippen MR) is 113 cm³/mol. The largest absolute Gasteiger partial charge is 0.573 e. The predicted octanol–water partition coefficient (Wildman–Crippen LogP) is 4.43. The van der Waals surface area contributed by atoms with E-state index in [4.69, 9.17) is 4.74 Å². The molecule has 0 aromatic heterocycles. The molecule has 0 aliphatic carbocycles. The van der Waals surface area contributed by atoms with Crippen LogP contribution in [0.25, 0.3) is 5.57 Å². The van der Waals surface area contributed by atoms with Gasteiger partial charge >= 0.3 is 6.36 Å². The molecule has 0 radical (unpaired) electrons. The molecule has 0 saturated carbocycles. The van der Waals surface area contributed by atoms with Crippen molar-refractivity contribution in [2.45, 2.75) is 26.6 Å². The first-order valence-corrected chi connectivity index (χ1v) is 9.90. The standard InChI is InChI=1S/C23H23F3N2O4/c1-14-5-10-18(15(2)13-14)19-20(22(30)28(21(19)29)11-4-12-31-3)27-16-6-8-17(9-7-16)32-23(24,25)26/h5-10,13,27H,4,11-12H2,1-3H3. The molecule has 2 amide bonds. The summed E-state index contributed by atoms with van der Waals surface area (Å²) < 4.78 is 46.1. The lowest BCUT2D eigenvalue weighted by Crippen LogP contribution is -2.34. The number of benzene rings is 2. The van der Waals surface area contributed by atoms with E-state index in [1.165, 1.54) is 19.2 Å². The maximum absolute atomic E-state index is 13.2. The average Bonchev–Trinajstić information content (AvgIpc) is 2.93. The molecular formula is C23H23F3N2O4. The van der Waals surface area contributed by atoms with Crippen molar-refractivity contribution in [3.63, 3.8) is 0 Å². The first-order valence-electron chi connectivity index (χ1n) is 9.90. The van der Waals surface area contributed by atoms with Gasteiger partial charge in [0.2, 0.25) is 0 Å². The second-order valence-corrected chi connectivity index (χ2v) is 7.37. The highest BCUT2D eigenvalue weighted by Crippen LogP contribution is 2.33. The molecule has 1 aliphatic rings. The van der Waals surface area contributed by atoms with Crippen molar-refractivity contribution in [2.75, 3.05) is 25.6 Å². The highest BCUT2D eigenvalue weighted by atomic mass is 19.4. The van der Waals surface area contributed by atoms with Crippen molar-refractivity contribution >= 4 is 23.1 Å². The van der Waals surface area contributed by atoms with Gasteiger partial charge in [0.05, 0.1) is 5.57 Å². The number of hydrogen-bond donors (Lipinski definition) is 1. The number of aryl methyl sites for hydroxylation is 2. The number of ether oxygens (including phenoxy) is 2. The lowest BCUT2D eigenvalue weighted by Gasteiger charge is -2.15. The molecule has 0 unspecified atom stereocenters. The summed E-state index contributed by atoms with van der Waals surface area (Å²) in [6, 6.07) is 10.5. The van der Waals surface area contributed by atoms with Crippen LogP contribution in [0.3, 0.4) is 0 Å². The van der Waals surface area contributed by atoms with Crippen molar-refractivity contribution in [3.05, 3.63) is 64.9 Å². The number of anilines is 1.